The first-order valence-electron chi connectivity index (χ1n) is 4.14. The standard InChI is InChI=1S/C8H9ClO5S2/c9-7-1-3-8(4-2-7)13-5-6-15-14-16(10,11)12/h1-4H,5-6H2,(H,10,11,12). The van der Waals surface area contributed by atoms with Gasteiger partial charge in [0.2, 0.25) is 0 Å². The predicted molar refractivity (Wildman–Crippen MR) is 62.0 cm³/mol. The zero-order valence-electron chi connectivity index (χ0n) is 8.00. The molecule has 0 aromatic heterocycles. The Bertz CT molecular complexity index is 417. The van der Waals surface area contributed by atoms with Gasteiger partial charge in [0.25, 0.3) is 0 Å². The fourth-order valence-corrected chi connectivity index (χ4v) is 1.86. The molecule has 0 amide bonds. The Labute approximate surface area is 103 Å². The summed E-state index contributed by atoms with van der Waals surface area (Å²) in [7, 11) is -4.38. The van der Waals surface area contributed by atoms with Gasteiger partial charge in [-0.1, -0.05) is 11.6 Å². The second-order valence-corrected chi connectivity index (χ2v) is 5.10. The minimum Gasteiger partial charge on any atom is -0.493 e. The second kappa shape index (κ2) is 6.31. The van der Waals surface area contributed by atoms with E-state index in [1.54, 1.807) is 24.3 Å². The Kier molecular flexibility index (Phi) is 5.36. The summed E-state index contributed by atoms with van der Waals surface area (Å²) in [5, 5.41) is 0.608. The summed E-state index contributed by atoms with van der Waals surface area (Å²) in [5.74, 6) is 0.888. The molecule has 0 fully saturated rings. The smallest absolute Gasteiger partial charge is 0.408 e. The third kappa shape index (κ3) is 6.19. The lowest BCUT2D eigenvalue weighted by atomic mass is 10.3. The molecule has 0 aliphatic carbocycles. The SMILES string of the molecule is O=S(=O)(O)OSCCOc1ccc(Cl)cc1. The zero-order chi connectivity index (χ0) is 12.0. The fraction of sp³-hybridized carbons (Fsp3) is 0.250. The van der Waals surface area contributed by atoms with Crippen molar-refractivity contribution in [1.82, 2.24) is 0 Å². The van der Waals surface area contributed by atoms with Gasteiger partial charge in [-0.2, -0.15) is 12.0 Å². The number of rotatable bonds is 6. The first-order valence-corrected chi connectivity index (χ1v) is 6.79. The van der Waals surface area contributed by atoms with Crippen molar-refractivity contribution in [3.63, 3.8) is 0 Å². The number of hydrogen-bond acceptors (Lipinski definition) is 5. The largest absolute Gasteiger partial charge is 0.493 e. The Morgan fingerprint density at radius 2 is 1.94 bits per heavy atom. The third-order valence-corrected chi connectivity index (χ3v) is 3.04. The Morgan fingerprint density at radius 1 is 1.31 bits per heavy atom. The van der Waals surface area contributed by atoms with Gasteiger partial charge in [0, 0.05) is 17.1 Å². The van der Waals surface area contributed by atoms with Gasteiger partial charge in [0.05, 0.1) is 12.4 Å². The summed E-state index contributed by atoms with van der Waals surface area (Å²) in [6, 6.07) is 6.74. The van der Waals surface area contributed by atoms with Gasteiger partial charge in [-0.15, -0.1) is 0 Å². The second-order valence-electron chi connectivity index (χ2n) is 2.62. The molecule has 8 heteroatoms. The first kappa shape index (κ1) is 13.6. The van der Waals surface area contributed by atoms with E-state index in [4.69, 9.17) is 20.9 Å². The normalized spacial score (nSPS) is 11.4. The highest BCUT2D eigenvalue weighted by Crippen LogP contribution is 2.16. The van der Waals surface area contributed by atoms with Crippen LogP contribution in [-0.2, 0) is 14.0 Å². The molecule has 90 valence electrons. The molecule has 0 heterocycles. The van der Waals surface area contributed by atoms with E-state index in [1.165, 1.54) is 0 Å². The van der Waals surface area contributed by atoms with Crippen molar-refractivity contribution in [2.45, 2.75) is 0 Å². The van der Waals surface area contributed by atoms with Crippen molar-refractivity contribution in [3.8, 4) is 5.75 Å². The van der Waals surface area contributed by atoms with E-state index in [0.717, 1.165) is 0 Å². The minimum absolute atomic E-state index is 0.252. The highest BCUT2D eigenvalue weighted by molar-refractivity contribution is 8.02. The van der Waals surface area contributed by atoms with Crippen LogP contribution in [0.4, 0.5) is 0 Å². The lowest BCUT2D eigenvalue weighted by molar-refractivity contribution is 0.341. The molecule has 0 radical (unpaired) electrons. The highest BCUT2D eigenvalue weighted by atomic mass is 35.5. The number of ether oxygens (including phenoxy) is 1. The summed E-state index contributed by atoms with van der Waals surface area (Å²) >= 11 is 6.27. The van der Waals surface area contributed by atoms with Gasteiger partial charge < -0.3 is 4.74 Å². The van der Waals surface area contributed by atoms with E-state index in [2.05, 4.69) is 3.63 Å². The van der Waals surface area contributed by atoms with Crippen LogP contribution in [-0.4, -0.2) is 25.3 Å². The summed E-state index contributed by atoms with van der Waals surface area (Å²) < 4.78 is 37.8. The van der Waals surface area contributed by atoms with Crippen LogP contribution >= 0.6 is 23.6 Å². The van der Waals surface area contributed by atoms with Crippen LogP contribution in [0.2, 0.25) is 5.02 Å². The molecule has 16 heavy (non-hydrogen) atoms. The third-order valence-electron chi connectivity index (χ3n) is 1.38. The van der Waals surface area contributed by atoms with E-state index < -0.39 is 10.4 Å². The maximum atomic E-state index is 10.2. The van der Waals surface area contributed by atoms with E-state index in [9.17, 15) is 8.42 Å². The van der Waals surface area contributed by atoms with Crippen molar-refractivity contribution >= 4 is 34.0 Å². The molecule has 0 aliphatic rings. The molecular formula is C8H9ClO5S2. The average molecular weight is 285 g/mol. The molecule has 0 bridgehead atoms. The molecule has 0 atom stereocenters. The quantitative estimate of drug-likeness (QED) is 0.490. The molecule has 0 spiro atoms. The van der Waals surface area contributed by atoms with Crippen LogP contribution in [0.5, 0.6) is 5.75 Å². The van der Waals surface area contributed by atoms with Gasteiger partial charge in [0.1, 0.15) is 5.75 Å². The van der Waals surface area contributed by atoms with Crippen LogP contribution < -0.4 is 4.74 Å². The Balaban J connectivity index is 2.19. The summed E-state index contributed by atoms with van der Waals surface area (Å²) in [6.07, 6.45) is 0. The van der Waals surface area contributed by atoms with Gasteiger partial charge in [-0.3, -0.25) is 4.55 Å². The molecule has 1 aromatic rings. The van der Waals surface area contributed by atoms with Crippen molar-refractivity contribution in [2.24, 2.45) is 0 Å². The number of benzene rings is 1. The molecule has 0 aliphatic heterocycles. The molecule has 1 aromatic carbocycles. The van der Waals surface area contributed by atoms with Crippen LogP contribution in [0, 0.1) is 0 Å². The van der Waals surface area contributed by atoms with Gasteiger partial charge in [0.15, 0.2) is 0 Å². The molecular weight excluding hydrogens is 276 g/mol. The molecule has 0 saturated carbocycles. The summed E-state index contributed by atoms with van der Waals surface area (Å²) in [5.41, 5.74) is 0. The maximum Gasteiger partial charge on any atom is 0.408 e. The molecule has 1 rings (SSSR count). The van der Waals surface area contributed by atoms with E-state index in [1.807, 2.05) is 0 Å². The minimum atomic E-state index is -4.38. The number of hydrogen-bond donors (Lipinski definition) is 1. The monoisotopic (exact) mass is 284 g/mol. The molecule has 1 N–H and O–H groups in total. The van der Waals surface area contributed by atoms with Gasteiger partial charge >= 0.3 is 10.4 Å². The van der Waals surface area contributed by atoms with E-state index in [0.29, 0.717) is 22.8 Å². The lowest BCUT2D eigenvalue weighted by Gasteiger charge is -2.04. The lowest BCUT2D eigenvalue weighted by Crippen LogP contribution is -2.03. The fourth-order valence-electron chi connectivity index (χ4n) is 0.819. The number of halogens is 1. The van der Waals surface area contributed by atoms with Crippen LogP contribution in [0.1, 0.15) is 0 Å². The molecule has 0 saturated heterocycles. The molecule has 0 unspecified atom stereocenters. The van der Waals surface area contributed by atoms with E-state index in [-0.39, 0.29) is 12.4 Å². The van der Waals surface area contributed by atoms with E-state index >= 15 is 0 Å². The van der Waals surface area contributed by atoms with Crippen molar-refractivity contribution in [2.75, 3.05) is 12.4 Å². The van der Waals surface area contributed by atoms with Crippen molar-refractivity contribution in [3.05, 3.63) is 29.3 Å². The summed E-state index contributed by atoms with van der Waals surface area (Å²) in [4.78, 5) is 0. The average Bonchev–Trinajstić information content (AvgIpc) is 2.19. The first-order chi connectivity index (χ1) is 7.47. The topological polar surface area (TPSA) is 72.8 Å². The van der Waals surface area contributed by atoms with Gasteiger partial charge in [-0.05, 0) is 24.3 Å². The van der Waals surface area contributed by atoms with Crippen molar-refractivity contribution < 1.29 is 21.3 Å². The predicted octanol–water partition coefficient (Wildman–Crippen LogP) is 2.19. The summed E-state index contributed by atoms with van der Waals surface area (Å²) in [6.45, 7) is 0.252. The maximum absolute atomic E-state index is 10.2. The molecule has 5 nitrogen and oxygen atoms in total. The van der Waals surface area contributed by atoms with Crippen molar-refractivity contribution in [1.29, 1.82) is 0 Å². The van der Waals surface area contributed by atoms with Crippen LogP contribution in [0.15, 0.2) is 24.3 Å². The Hall–Kier alpha value is -0.470. The zero-order valence-corrected chi connectivity index (χ0v) is 10.4. The highest BCUT2D eigenvalue weighted by Gasteiger charge is 2.04. The Morgan fingerprint density at radius 3 is 2.50 bits per heavy atom. The van der Waals surface area contributed by atoms with Crippen LogP contribution in [0.3, 0.4) is 0 Å². The van der Waals surface area contributed by atoms with Crippen LogP contribution in [0.25, 0.3) is 0 Å². The van der Waals surface area contributed by atoms with Gasteiger partial charge in [-0.25, -0.2) is 0 Å².